The normalized spacial score (nSPS) is 12.7. The van der Waals surface area contributed by atoms with Crippen molar-refractivity contribution in [1.82, 2.24) is 0 Å². The van der Waals surface area contributed by atoms with Gasteiger partial charge >= 0.3 is 0 Å². The highest BCUT2D eigenvalue weighted by Gasteiger charge is 1.98. The zero-order valence-corrected chi connectivity index (χ0v) is 8.26. The maximum Gasteiger partial charge on any atom is 0.293 e. The summed E-state index contributed by atoms with van der Waals surface area (Å²) in [6.07, 6.45) is 0. The third kappa shape index (κ3) is 4.30. The van der Waals surface area contributed by atoms with Gasteiger partial charge in [0.05, 0.1) is 5.69 Å². The third-order valence-corrected chi connectivity index (χ3v) is 1.60. The number of hydrogen-bond acceptors (Lipinski definition) is 4. The molecule has 0 aliphatic rings. The number of halogens is 1. The van der Waals surface area contributed by atoms with Crippen LogP contribution in [-0.2, 0) is 9.53 Å². The molecule has 1 rings (SSSR count). The van der Waals surface area contributed by atoms with E-state index in [9.17, 15) is 9.18 Å². The number of carbonyl (C=O) groups excluding carboxylic acids is 1. The molecule has 4 nitrogen and oxygen atoms in total. The Balaban J connectivity index is 2.49. The lowest BCUT2D eigenvalue weighted by atomic mass is 10.3. The summed E-state index contributed by atoms with van der Waals surface area (Å²) >= 11 is 0. The standard InChI is InChI=1S/C10H11FN2O2/c1-8(6-15-7-14)12-13-10-4-2-9(11)3-5-10/h2-5,7-8H,6H2,1H3. The van der Waals surface area contributed by atoms with Gasteiger partial charge in [-0.15, -0.1) is 0 Å². The van der Waals surface area contributed by atoms with Crippen molar-refractivity contribution in [2.45, 2.75) is 13.0 Å². The molecular weight excluding hydrogens is 199 g/mol. The molecule has 1 aromatic carbocycles. The van der Waals surface area contributed by atoms with Gasteiger partial charge in [0.1, 0.15) is 18.5 Å². The van der Waals surface area contributed by atoms with Gasteiger partial charge in [-0.05, 0) is 31.2 Å². The second kappa shape index (κ2) is 5.85. The van der Waals surface area contributed by atoms with Crippen molar-refractivity contribution in [3.8, 4) is 0 Å². The highest BCUT2D eigenvalue weighted by Crippen LogP contribution is 2.13. The fourth-order valence-corrected chi connectivity index (χ4v) is 0.885. The average Bonchev–Trinajstić information content (AvgIpc) is 2.25. The molecule has 0 heterocycles. The van der Waals surface area contributed by atoms with E-state index in [2.05, 4.69) is 15.0 Å². The number of benzene rings is 1. The van der Waals surface area contributed by atoms with Gasteiger partial charge in [0.25, 0.3) is 6.47 Å². The Labute approximate surface area is 86.8 Å². The molecule has 5 heteroatoms. The number of ether oxygens (including phenoxy) is 1. The Morgan fingerprint density at radius 2 is 2.13 bits per heavy atom. The van der Waals surface area contributed by atoms with E-state index >= 15 is 0 Å². The minimum absolute atomic E-state index is 0.189. The molecule has 1 unspecified atom stereocenters. The number of hydrogen-bond donors (Lipinski definition) is 0. The Hall–Kier alpha value is -1.78. The van der Waals surface area contributed by atoms with Crippen molar-refractivity contribution in [3.63, 3.8) is 0 Å². The van der Waals surface area contributed by atoms with Crippen LogP contribution in [0.25, 0.3) is 0 Å². The topological polar surface area (TPSA) is 51.0 Å². The van der Waals surface area contributed by atoms with E-state index in [1.54, 1.807) is 6.92 Å². The van der Waals surface area contributed by atoms with Crippen molar-refractivity contribution in [2.24, 2.45) is 10.2 Å². The highest BCUT2D eigenvalue weighted by molar-refractivity contribution is 5.37. The molecule has 0 amide bonds. The Kier molecular flexibility index (Phi) is 4.40. The van der Waals surface area contributed by atoms with Crippen LogP contribution in [-0.4, -0.2) is 19.1 Å². The molecular formula is C10H11FN2O2. The lowest BCUT2D eigenvalue weighted by Crippen LogP contribution is -2.06. The lowest BCUT2D eigenvalue weighted by molar-refractivity contribution is -0.129. The molecule has 1 atom stereocenters. The van der Waals surface area contributed by atoms with Crippen molar-refractivity contribution in [1.29, 1.82) is 0 Å². The van der Waals surface area contributed by atoms with Crippen molar-refractivity contribution >= 4 is 12.2 Å². The van der Waals surface area contributed by atoms with Crippen LogP contribution >= 0.6 is 0 Å². The van der Waals surface area contributed by atoms with Gasteiger partial charge in [0, 0.05) is 0 Å². The summed E-state index contributed by atoms with van der Waals surface area (Å²) < 4.78 is 17.0. The molecule has 15 heavy (non-hydrogen) atoms. The first kappa shape index (κ1) is 11.3. The monoisotopic (exact) mass is 210 g/mol. The minimum Gasteiger partial charge on any atom is -0.466 e. The molecule has 0 radical (unpaired) electrons. The van der Waals surface area contributed by atoms with E-state index in [0.717, 1.165) is 0 Å². The van der Waals surface area contributed by atoms with E-state index in [-0.39, 0.29) is 18.5 Å². The highest BCUT2D eigenvalue weighted by atomic mass is 19.1. The summed E-state index contributed by atoms with van der Waals surface area (Å²) in [5.74, 6) is -0.314. The van der Waals surface area contributed by atoms with Crippen molar-refractivity contribution in [3.05, 3.63) is 30.1 Å². The maximum atomic E-state index is 12.5. The van der Waals surface area contributed by atoms with E-state index in [0.29, 0.717) is 12.2 Å². The summed E-state index contributed by atoms with van der Waals surface area (Å²) in [5, 5.41) is 7.74. The van der Waals surface area contributed by atoms with Crippen LogP contribution < -0.4 is 0 Å². The lowest BCUT2D eigenvalue weighted by Gasteiger charge is -2.01. The van der Waals surface area contributed by atoms with Crippen LogP contribution in [0.5, 0.6) is 0 Å². The average molecular weight is 210 g/mol. The van der Waals surface area contributed by atoms with Gasteiger partial charge in [-0.1, -0.05) is 0 Å². The summed E-state index contributed by atoms with van der Waals surface area (Å²) in [7, 11) is 0. The van der Waals surface area contributed by atoms with Gasteiger partial charge in [-0.2, -0.15) is 10.2 Å². The molecule has 0 aliphatic heterocycles. The minimum atomic E-state index is -0.314. The van der Waals surface area contributed by atoms with Crippen molar-refractivity contribution < 1.29 is 13.9 Å². The number of carbonyl (C=O) groups is 1. The van der Waals surface area contributed by atoms with Gasteiger partial charge in [0.2, 0.25) is 0 Å². The Morgan fingerprint density at radius 3 is 2.73 bits per heavy atom. The molecule has 0 aliphatic carbocycles. The van der Waals surface area contributed by atoms with Crippen LogP contribution in [0, 0.1) is 5.82 Å². The molecule has 1 aromatic rings. The molecule has 80 valence electrons. The van der Waals surface area contributed by atoms with Crippen LogP contribution in [0.3, 0.4) is 0 Å². The summed E-state index contributed by atoms with van der Waals surface area (Å²) in [4.78, 5) is 9.88. The summed E-state index contributed by atoms with van der Waals surface area (Å²) in [6, 6.07) is 5.44. The number of rotatable bonds is 5. The van der Waals surface area contributed by atoms with Crippen LogP contribution in [0.2, 0.25) is 0 Å². The number of azo groups is 1. The molecule has 0 N–H and O–H groups in total. The third-order valence-electron chi connectivity index (χ3n) is 1.60. The summed E-state index contributed by atoms with van der Waals surface area (Å²) in [5.41, 5.74) is 0.564. The fraction of sp³-hybridized carbons (Fsp3) is 0.300. The van der Waals surface area contributed by atoms with Crippen LogP contribution in [0.15, 0.2) is 34.5 Å². The maximum absolute atomic E-state index is 12.5. The van der Waals surface area contributed by atoms with E-state index in [1.807, 2.05) is 0 Å². The Morgan fingerprint density at radius 1 is 1.47 bits per heavy atom. The van der Waals surface area contributed by atoms with Crippen molar-refractivity contribution in [2.75, 3.05) is 6.61 Å². The first-order valence-electron chi connectivity index (χ1n) is 4.44. The largest absolute Gasteiger partial charge is 0.466 e. The smallest absolute Gasteiger partial charge is 0.293 e. The number of nitrogens with zero attached hydrogens (tertiary/aromatic N) is 2. The SMILES string of the molecule is CC(COC=O)N=Nc1ccc(F)cc1. The van der Waals surface area contributed by atoms with Crippen LogP contribution in [0.4, 0.5) is 10.1 Å². The van der Waals surface area contributed by atoms with Crippen LogP contribution in [0.1, 0.15) is 6.92 Å². The molecule has 0 fully saturated rings. The second-order valence-corrected chi connectivity index (χ2v) is 2.97. The predicted molar refractivity (Wildman–Crippen MR) is 52.4 cm³/mol. The molecule has 0 aromatic heterocycles. The molecule has 0 saturated heterocycles. The van der Waals surface area contributed by atoms with E-state index in [1.165, 1.54) is 24.3 Å². The quantitative estimate of drug-likeness (QED) is 0.553. The summed E-state index contributed by atoms with van der Waals surface area (Å²) in [6.45, 7) is 2.31. The zero-order valence-electron chi connectivity index (χ0n) is 8.26. The Bertz CT molecular complexity index is 338. The molecule has 0 bridgehead atoms. The first-order chi connectivity index (χ1) is 7.22. The fourth-order valence-electron chi connectivity index (χ4n) is 0.885. The van der Waals surface area contributed by atoms with Gasteiger partial charge in [0.15, 0.2) is 0 Å². The van der Waals surface area contributed by atoms with E-state index in [4.69, 9.17) is 0 Å². The zero-order chi connectivity index (χ0) is 11.1. The van der Waals surface area contributed by atoms with Gasteiger partial charge in [-0.25, -0.2) is 4.39 Å². The van der Waals surface area contributed by atoms with Gasteiger partial charge < -0.3 is 4.74 Å². The first-order valence-corrected chi connectivity index (χ1v) is 4.44. The molecule has 0 spiro atoms. The van der Waals surface area contributed by atoms with E-state index < -0.39 is 0 Å². The molecule has 0 saturated carbocycles. The van der Waals surface area contributed by atoms with Gasteiger partial charge in [-0.3, -0.25) is 4.79 Å². The predicted octanol–water partition coefficient (Wildman–Crippen LogP) is 2.47. The second-order valence-electron chi connectivity index (χ2n) is 2.97.